The van der Waals surface area contributed by atoms with Crippen LogP contribution in [-0.2, 0) is 11.3 Å². The fraction of sp³-hybridized carbons (Fsp3) is 0.217. The average Bonchev–Trinajstić information content (AvgIpc) is 3.17. The van der Waals surface area contributed by atoms with Gasteiger partial charge in [0.2, 0.25) is 5.91 Å². The van der Waals surface area contributed by atoms with Crippen LogP contribution < -0.4 is 16.0 Å². The molecule has 2 aromatic heterocycles. The normalized spacial score (nSPS) is 17.7. The average molecular weight is 450 g/mol. The molecule has 3 aromatic rings. The summed E-state index contributed by atoms with van der Waals surface area (Å²) in [5, 5.41) is 8.92. The Hall–Kier alpha value is -3.92. The Kier molecular flexibility index (Phi) is 5.21. The number of likely N-dealkylation sites (N-methyl/N-ethyl adjacent to an activating group) is 1. The fourth-order valence-electron chi connectivity index (χ4n) is 4.04. The van der Waals surface area contributed by atoms with Crippen molar-refractivity contribution in [1.29, 1.82) is 0 Å². The number of amides is 2. The molecule has 1 saturated heterocycles. The van der Waals surface area contributed by atoms with Crippen molar-refractivity contribution >= 4 is 23.3 Å². The molecule has 1 atom stereocenters. The van der Waals surface area contributed by atoms with Gasteiger partial charge in [-0.1, -0.05) is 12.1 Å². The maximum absolute atomic E-state index is 14.4. The van der Waals surface area contributed by atoms with Crippen molar-refractivity contribution in [3.8, 4) is 11.3 Å². The van der Waals surface area contributed by atoms with E-state index in [1.807, 2.05) is 0 Å². The van der Waals surface area contributed by atoms with Gasteiger partial charge in [0.1, 0.15) is 23.5 Å². The third-order valence-corrected chi connectivity index (χ3v) is 5.76. The Morgan fingerprint density at radius 2 is 1.91 bits per heavy atom. The Balaban J connectivity index is 1.49. The van der Waals surface area contributed by atoms with E-state index in [4.69, 9.17) is 0 Å². The molecule has 8 nitrogen and oxygen atoms in total. The number of aromatic nitrogens is 2. The summed E-state index contributed by atoms with van der Waals surface area (Å²) in [5.41, 5.74) is 1.53. The van der Waals surface area contributed by atoms with E-state index in [-0.39, 0.29) is 29.6 Å². The molecule has 0 aliphatic carbocycles. The minimum absolute atomic E-state index is 0.0380. The highest BCUT2D eigenvalue weighted by molar-refractivity contribution is 6.04. The van der Waals surface area contributed by atoms with Crippen LogP contribution in [0.1, 0.15) is 27.7 Å². The fourth-order valence-corrected chi connectivity index (χ4v) is 4.04. The van der Waals surface area contributed by atoms with Gasteiger partial charge in [-0.3, -0.25) is 9.59 Å². The lowest BCUT2D eigenvalue weighted by molar-refractivity contribution is -0.134. The minimum atomic E-state index is -0.747. The van der Waals surface area contributed by atoms with E-state index in [1.54, 1.807) is 30.3 Å². The molecule has 0 bridgehead atoms. The highest BCUT2D eigenvalue weighted by atomic mass is 19.1. The van der Waals surface area contributed by atoms with Crippen molar-refractivity contribution < 1.29 is 18.4 Å². The van der Waals surface area contributed by atoms with Crippen molar-refractivity contribution in [2.75, 3.05) is 25.5 Å². The van der Waals surface area contributed by atoms with Gasteiger partial charge in [0.05, 0.1) is 34.7 Å². The summed E-state index contributed by atoms with van der Waals surface area (Å²) in [7, 11) is 1.75. The molecule has 2 aliphatic heterocycles. The first-order valence-corrected chi connectivity index (χ1v) is 10.4. The number of benzene rings is 1. The summed E-state index contributed by atoms with van der Waals surface area (Å²) in [4.78, 5) is 35.1. The summed E-state index contributed by atoms with van der Waals surface area (Å²) < 4.78 is 28.7. The summed E-state index contributed by atoms with van der Waals surface area (Å²) in [6, 6.07) is 8.00. The second kappa shape index (κ2) is 8.21. The molecular formula is C23H20F2N6O2. The van der Waals surface area contributed by atoms with Crippen LogP contribution in [0.3, 0.4) is 0 Å². The summed E-state index contributed by atoms with van der Waals surface area (Å²) >= 11 is 0. The molecule has 0 saturated carbocycles. The van der Waals surface area contributed by atoms with Crippen molar-refractivity contribution in [2.24, 2.45) is 0 Å². The monoisotopic (exact) mass is 450 g/mol. The van der Waals surface area contributed by atoms with Crippen LogP contribution in [0.15, 0.2) is 42.6 Å². The van der Waals surface area contributed by atoms with E-state index in [1.165, 1.54) is 12.1 Å². The van der Waals surface area contributed by atoms with Crippen LogP contribution in [0.4, 0.5) is 20.3 Å². The Morgan fingerprint density at radius 3 is 2.64 bits per heavy atom. The maximum atomic E-state index is 14.4. The van der Waals surface area contributed by atoms with E-state index in [2.05, 4.69) is 25.9 Å². The second-order valence-corrected chi connectivity index (χ2v) is 7.90. The van der Waals surface area contributed by atoms with Crippen LogP contribution in [0.2, 0.25) is 0 Å². The molecule has 2 amide bonds. The number of piperazine rings is 1. The predicted octanol–water partition coefficient (Wildman–Crippen LogP) is 2.51. The van der Waals surface area contributed by atoms with Crippen LogP contribution in [-0.4, -0.2) is 46.8 Å². The first-order valence-electron chi connectivity index (χ1n) is 10.4. The van der Waals surface area contributed by atoms with Crippen LogP contribution in [0, 0.1) is 11.6 Å². The minimum Gasteiger partial charge on any atom is -0.346 e. The molecule has 4 heterocycles. The smallest absolute Gasteiger partial charge is 0.255 e. The topological polar surface area (TPSA) is 99.2 Å². The SMILES string of the molecule is CN1CCNC(c2ccc(Nc3cc(-c4c(F)cccc4F)nc4c3C(=O)NC4)nc2)C1=O. The van der Waals surface area contributed by atoms with E-state index in [0.29, 0.717) is 41.4 Å². The lowest BCUT2D eigenvalue weighted by Gasteiger charge is -2.30. The number of rotatable bonds is 4. The Morgan fingerprint density at radius 1 is 1.12 bits per heavy atom. The number of nitrogens with zero attached hydrogens (tertiary/aromatic N) is 3. The van der Waals surface area contributed by atoms with Gasteiger partial charge in [0.15, 0.2) is 0 Å². The molecule has 10 heteroatoms. The standard InChI is InChI=1S/C23H20F2N6O2/c1-31-8-7-26-21(23(31)33)12-5-6-18(27-10-12)30-16-9-15(19-13(24)3-2-4-14(19)25)29-17-11-28-22(32)20(16)17/h2-6,9-10,21,26H,7-8,11H2,1H3,(H,28,32)(H,27,29,30). The van der Waals surface area contributed by atoms with E-state index in [0.717, 1.165) is 12.1 Å². The molecule has 168 valence electrons. The molecule has 0 radical (unpaired) electrons. The summed E-state index contributed by atoms with van der Waals surface area (Å²) in [6.45, 7) is 1.48. The Labute approximate surface area is 188 Å². The van der Waals surface area contributed by atoms with Crippen LogP contribution in [0.5, 0.6) is 0 Å². The number of nitrogens with one attached hydrogen (secondary N) is 3. The number of anilines is 2. The molecule has 5 rings (SSSR count). The molecule has 1 fully saturated rings. The van der Waals surface area contributed by atoms with Crippen molar-refractivity contribution in [3.63, 3.8) is 0 Å². The third kappa shape index (κ3) is 3.78. The van der Waals surface area contributed by atoms with Crippen molar-refractivity contribution in [2.45, 2.75) is 12.6 Å². The van der Waals surface area contributed by atoms with Gasteiger partial charge in [0.25, 0.3) is 5.91 Å². The summed E-state index contributed by atoms with van der Waals surface area (Å²) in [5.74, 6) is -1.46. The molecule has 3 N–H and O–H groups in total. The van der Waals surface area contributed by atoms with Gasteiger partial charge in [-0.05, 0) is 29.8 Å². The third-order valence-electron chi connectivity index (χ3n) is 5.76. The van der Waals surface area contributed by atoms with E-state index >= 15 is 0 Å². The summed E-state index contributed by atoms with van der Waals surface area (Å²) in [6.07, 6.45) is 1.58. The zero-order valence-electron chi connectivity index (χ0n) is 17.7. The molecule has 33 heavy (non-hydrogen) atoms. The van der Waals surface area contributed by atoms with Gasteiger partial charge >= 0.3 is 0 Å². The Bertz CT molecular complexity index is 1240. The lowest BCUT2D eigenvalue weighted by Crippen LogP contribution is -2.48. The molecular weight excluding hydrogens is 430 g/mol. The largest absolute Gasteiger partial charge is 0.346 e. The first kappa shape index (κ1) is 21.0. The number of hydrogen-bond acceptors (Lipinski definition) is 6. The molecule has 1 aromatic carbocycles. The second-order valence-electron chi connectivity index (χ2n) is 7.90. The zero-order valence-corrected chi connectivity index (χ0v) is 17.7. The first-order chi connectivity index (χ1) is 15.9. The predicted molar refractivity (Wildman–Crippen MR) is 117 cm³/mol. The van der Waals surface area contributed by atoms with E-state index in [9.17, 15) is 18.4 Å². The molecule has 1 unspecified atom stereocenters. The number of carbonyl (C=O) groups is 2. The lowest BCUT2D eigenvalue weighted by atomic mass is 10.1. The highest BCUT2D eigenvalue weighted by Crippen LogP contribution is 2.33. The van der Waals surface area contributed by atoms with Gasteiger partial charge in [-0.2, -0.15) is 0 Å². The van der Waals surface area contributed by atoms with Gasteiger partial charge < -0.3 is 20.9 Å². The zero-order chi connectivity index (χ0) is 23.1. The van der Waals surface area contributed by atoms with Crippen molar-refractivity contribution in [3.05, 3.63) is 71.1 Å². The number of carbonyl (C=O) groups excluding carboxylic acids is 2. The maximum Gasteiger partial charge on any atom is 0.255 e. The van der Waals surface area contributed by atoms with Crippen LogP contribution >= 0.6 is 0 Å². The van der Waals surface area contributed by atoms with E-state index < -0.39 is 17.7 Å². The van der Waals surface area contributed by atoms with Gasteiger partial charge in [-0.15, -0.1) is 0 Å². The molecule has 0 spiro atoms. The number of hydrogen-bond donors (Lipinski definition) is 3. The molecule has 2 aliphatic rings. The van der Waals surface area contributed by atoms with Crippen molar-refractivity contribution in [1.82, 2.24) is 25.5 Å². The number of fused-ring (bicyclic) bond motifs is 1. The van der Waals surface area contributed by atoms with Gasteiger partial charge in [-0.25, -0.2) is 18.7 Å². The number of halogens is 2. The number of pyridine rings is 2. The quantitative estimate of drug-likeness (QED) is 0.565. The highest BCUT2D eigenvalue weighted by Gasteiger charge is 2.29. The van der Waals surface area contributed by atoms with Gasteiger partial charge in [0, 0.05) is 26.3 Å². The van der Waals surface area contributed by atoms with Crippen LogP contribution in [0.25, 0.3) is 11.3 Å².